The van der Waals surface area contributed by atoms with Gasteiger partial charge in [-0.3, -0.25) is 4.79 Å². The van der Waals surface area contributed by atoms with Gasteiger partial charge in [0.15, 0.2) is 0 Å². The molecule has 0 unspecified atom stereocenters. The summed E-state index contributed by atoms with van der Waals surface area (Å²) in [5.41, 5.74) is -0.369. The van der Waals surface area contributed by atoms with E-state index in [9.17, 15) is 4.79 Å². The summed E-state index contributed by atoms with van der Waals surface area (Å²) in [4.78, 5) is 10.9. The zero-order chi connectivity index (χ0) is 8.91. The highest BCUT2D eigenvalue weighted by Crippen LogP contribution is 2.09. The highest BCUT2D eigenvalue weighted by molar-refractivity contribution is 6.08. The Morgan fingerprint density at radius 2 is 2.00 bits per heavy atom. The van der Waals surface area contributed by atoms with Crippen LogP contribution in [0.5, 0.6) is 0 Å². The molecule has 0 aromatic carbocycles. The molecule has 2 radical (unpaired) electrons. The monoisotopic (exact) mass is 154 g/mol. The highest BCUT2D eigenvalue weighted by Gasteiger charge is 2.14. The average Bonchev–Trinajstić information content (AvgIpc) is 1.79. The van der Waals surface area contributed by atoms with Crippen molar-refractivity contribution in [1.82, 2.24) is 0 Å². The summed E-state index contributed by atoms with van der Waals surface area (Å²) in [6, 6.07) is 0. The molecule has 62 valence electrons. The summed E-state index contributed by atoms with van der Waals surface area (Å²) >= 11 is 0. The first-order valence-electron chi connectivity index (χ1n) is 3.87. The maximum atomic E-state index is 10.9. The van der Waals surface area contributed by atoms with Crippen LogP contribution in [-0.2, 0) is 9.53 Å². The van der Waals surface area contributed by atoms with Gasteiger partial charge in [-0.2, -0.15) is 0 Å². The SMILES string of the molecule is [B]CCCC(=O)OC(C)(C)C. The van der Waals surface area contributed by atoms with Gasteiger partial charge in [0.05, 0.1) is 7.85 Å². The van der Waals surface area contributed by atoms with E-state index >= 15 is 0 Å². The Hall–Kier alpha value is -0.465. The molecule has 11 heavy (non-hydrogen) atoms. The van der Waals surface area contributed by atoms with Gasteiger partial charge >= 0.3 is 5.97 Å². The quantitative estimate of drug-likeness (QED) is 0.456. The van der Waals surface area contributed by atoms with E-state index < -0.39 is 0 Å². The van der Waals surface area contributed by atoms with Gasteiger partial charge in [-0.25, -0.2) is 0 Å². The van der Waals surface area contributed by atoms with Crippen LogP contribution in [0.1, 0.15) is 33.6 Å². The lowest BCUT2D eigenvalue weighted by atomic mass is 10.0. The van der Waals surface area contributed by atoms with Crippen LogP contribution in [-0.4, -0.2) is 19.4 Å². The van der Waals surface area contributed by atoms with Gasteiger partial charge in [-0.05, 0) is 20.8 Å². The molecular formula is C8H15BO2. The molecule has 0 N–H and O–H groups in total. The van der Waals surface area contributed by atoms with Crippen LogP contribution in [0, 0.1) is 0 Å². The van der Waals surface area contributed by atoms with E-state index in [0.717, 1.165) is 0 Å². The molecule has 0 bridgehead atoms. The molecule has 0 aliphatic heterocycles. The van der Waals surface area contributed by atoms with Crippen LogP contribution in [0.3, 0.4) is 0 Å². The van der Waals surface area contributed by atoms with Gasteiger partial charge in [0, 0.05) is 6.42 Å². The van der Waals surface area contributed by atoms with Crippen molar-refractivity contribution in [2.45, 2.75) is 45.5 Å². The molecule has 0 aromatic heterocycles. The van der Waals surface area contributed by atoms with E-state index in [0.29, 0.717) is 19.2 Å². The number of carbonyl (C=O) groups is 1. The zero-order valence-electron chi connectivity index (χ0n) is 7.52. The summed E-state index contributed by atoms with van der Waals surface area (Å²) < 4.78 is 5.05. The first-order chi connectivity index (χ1) is 4.95. The molecule has 0 atom stereocenters. The predicted octanol–water partition coefficient (Wildman–Crippen LogP) is 1.70. The molecular weight excluding hydrogens is 139 g/mol. The lowest BCUT2D eigenvalue weighted by Crippen LogP contribution is -2.23. The second-order valence-corrected chi connectivity index (χ2v) is 3.48. The number of carbonyl (C=O) groups excluding carboxylic acids is 1. The van der Waals surface area contributed by atoms with Crippen molar-refractivity contribution in [2.75, 3.05) is 0 Å². The minimum absolute atomic E-state index is 0.164. The van der Waals surface area contributed by atoms with Crippen LogP contribution in [0.4, 0.5) is 0 Å². The molecule has 0 aromatic rings. The number of hydrogen-bond acceptors (Lipinski definition) is 2. The van der Waals surface area contributed by atoms with Crippen molar-refractivity contribution in [3.8, 4) is 0 Å². The maximum absolute atomic E-state index is 10.9. The molecule has 0 saturated carbocycles. The fourth-order valence-corrected chi connectivity index (χ4v) is 0.639. The third-order valence-electron chi connectivity index (χ3n) is 1.01. The zero-order valence-corrected chi connectivity index (χ0v) is 7.52. The summed E-state index contributed by atoms with van der Waals surface area (Å²) in [5.74, 6) is -0.164. The molecule has 0 rings (SSSR count). The molecule has 0 saturated heterocycles. The number of hydrogen-bond donors (Lipinski definition) is 0. The Balaban J connectivity index is 3.53. The summed E-state index contributed by atoms with van der Waals surface area (Å²) in [7, 11) is 5.23. The molecule has 0 spiro atoms. The topological polar surface area (TPSA) is 26.3 Å². The average molecular weight is 154 g/mol. The first kappa shape index (κ1) is 10.5. The summed E-state index contributed by atoms with van der Waals surface area (Å²) in [6.45, 7) is 5.56. The van der Waals surface area contributed by atoms with Gasteiger partial charge in [0.25, 0.3) is 0 Å². The van der Waals surface area contributed by atoms with Crippen molar-refractivity contribution in [2.24, 2.45) is 0 Å². The fraction of sp³-hybridized carbons (Fsp3) is 0.875. The molecule has 0 fully saturated rings. The third kappa shape index (κ3) is 7.43. The van der Waals surface area contributed by atoms with E-state index in [1.165, 1.54) is 0 Å². The van der Waals surface area contributed by atoms with Gasteiger partial charge in [-0.15, -0.1) is 0 Å². The number of rotatable bonds is 3. The smallest absolute Gasteiger partial charge is 0.306 e. The second-order valence-electron chi connectivity index (χ2n) is 3.48. The molecule has 3 heteroatoms. The van der Waals surface area contributed by atoms with Gasteiger partial charge in [0.2, 0.25) is 0 Å². The lowest BCUT2D eigenvalue weighted by Gasteiger charge is -2.19. The Morgan fingerprint density at radius 3 is 2.36 bits per heavy atom. The highest BCUT2D eigenvalue weighted by atomic mass is 16.6. The molecule has 0 amide bonds. The summed E-state index contributed by atoms with van der Waals surface area (Å²) in [5, 5.41) is 0. The molecule has 2 nitrogen and oxygen atoms in total. The predicted molar refractivity (Wildman–Crippen MR) is 45.6 cm³/mol. The minimum Gasteiger partial charge on any atom is -0.460 e. The van der Waals surface area contributed by atoms with Crippen LogP contribution >= 0.6 is 0 Å². The van der Waals surface area contributed by atoms with Crippen molar-refractivity contribution in [3.63, 3.8) is 0 Å². The Kier molecular flexibility index (Phi) is 4.23. The standard InChI is InChI=1S/C8H15BO2/c1-8(2,3)11-7(10)5-4-6-9/h4-6H2,1-3H3. The van der Waals surface area contributed by atoms with Crippen LogP contribution in [0.2, 0.25) is 6.32 Å². The Bertz CT molecular complexity index is 127. The lowest BCUT2D eigenvalue weighted by molar-refractivity contribution is -0.154. The van der Waals surface area contributed by atoms with E-state index in [2.05, 4.69) is 0 Å². The van der Waals surface area contributed by atoms with E-state index in [1.807, 2.05) is 20.8 Å². The van der Waals surface area contributed by atoms with Gasteiger partial charge in [-0.1, -0.05) is 12.7 Å². The Morgan fingerprint density at radius 1 is 1.45 bits per heavy atom. The molecule has 0 heterocycles. The summed E-state index contributed by atoms with van der Waals surface area (Å²) in [6.07, 6.45) is 1.67. The number of ether oxygens (including phenoxy) is 1. The third-order valence-corrected chi connectivity index (χ3v) is 1.01. The molecule has 0 aliphatic carbocycles. The second kappa shape index (κ2) is 4.42. The normalized spacial score (nSPS) is 11.2. The van der Waals surface area contributed by atoms with Gasteiger partial charge in [0.1, 0.15) is 5.60 Å². The molecule has 0 aliphatic rings. The van der Waals surface area contributed by atoms with Crippen molar-refractivity contribution < 1.29 is 9.53 Å². The van der Waals surface area contributed by atoms with E-state index in [-0.39, 0.29) is 11.6 Å². The fourth-order valence-electron chi connectivity index (χ4n) is 0.639. The van der Waals surface area contributed by atoms with E-state index in [1.54, 1.807) is 0 Å². The van der Waals surface area contributed by atoms with Gasteiger partial charge < -0.3 is 4.74 Å². The minimum atomic E-state index is -0.369. The van der Waals surface area contributed by atoms with Crippen molar-refractivity contribution >= 4 is 13.8 Å². The van der Waals surface area contributed by atoms with Crippen LogP contribution in [0.15, 0.2) is 0 Å². The number of esters is 1. The van der Waals surface area contributed by atoms with Crippen LogP contribution < -0.4 is 0 Å². The first-order valence-corrected chi connectivity index (χ1v) is 3.87. The van der Waals surface area contributed by atoms with E-state index in [4.69, 9.17) is 12.6 Å². The van der Waals surface area contributed by atoms with Crippen molar-refractivity contribution in [1.29, 1.82) is 0 Å². The van der Waals surface area contributed by atoms with Crippen LogP contribution in [0.25, 0.3) is 0 Å². The Labute approximate surface area is 69.7 Å². The van der Waals surface area contributed by atoms with Crippen molar-refractivity contribution in [3.05, 3.63) is 0 Å². The largest absolute Gasteiger partial charge is 0.460 e. The maximum Gasteiger partial charge on any atom is 0.306 e.